The van der Waals surface area contributed by atoms with E-state index in [0.29, 0.717) is 0 Å². The van der Waals surface area contributed by atoms with Crippen LogP contribution >= 0.6 is 0 Å². The molecule has 0 bridgehead atoms. The predicted molar refractivity (Wildman–Crippen MR) is 61.4 cm³/mol. The number of aromatic nitrogens is 3. The molecule has 1 atom stereocenters. The molecule has 0 aliphatic carbocycles. The lowest BCUT2D eigenvalue weighted by molar-refractivity contribution is -0.162. The molecule has 0 aliphatic rings. The van der Waals surface area contributed by atoms with Crippen molar-refractivity contribution in [1.82, 2.24) is 14.8 Å². The van der Waals surface area contributed by atoms with Crippen LogP contribution in [0, 0.1) is 11.8 Å². The third kappa shape index (κ3) is 2.85. The molecule has 0 fully saturated rings. The Morgan fingerprint density at radius 1 is 1.17 bits per heavy atom. The lowest BCUT2D eigenvalue weighted by Crippen LogP contribution is -2.37. The second-order valence-electron chi connectivity index (χ2n) is 4.13. The van der Waals surface area contributed by atoms with Gasteiger partial charge in [0.1, 0.15) is 12.7 Å². The monoisotopic (exact) mass is 255 g/mol. The van der Waals surface area contributed by atoms with Gasteiger partial charge in [-0.2, -0.15) is 5.10 Å². The molecule has 0 aliphatic heterocycles. The first-order chi connectivity index (χ1) is 8.52. The van der Waals surface area contributed by atoms with Crippen LogP contribution in [0.5, 0.6) is 0 Å². The molecule has 0 spiro atoms. The van der Waals surface area contributed by atoms with Crippen LogP contribution in [-0.2, 0) is 19.1 Å². The normalized spacial score (nSPS) is 12.6. The Hall–Kier alpha value is -1.92. The molecule has 7 nitrogen and oxygen atoms in total. The summed E-state index contributed by atoms with van der Waals surface area (Å²) in [4.78, 5) is 27.4. The molecule has 1 heterocycles. The highest BCUT2D eigenvalue weighted by Gasteiger charge is 2.40. The molecule has 0 N–H and O–H groups in total. The van der Waals surface area contributed by atoms with Crippen LogP contribution in [0.25, 0.3) is 0 Å². The van der Waals surface area contributed by atoms with Crippen LogP contribution in [0.15, 0.2) is 12.7 Å². The highest BCUT2D eigenvalue weighted by Crippen LogP contribution is 2.27. The number of methoxy groups -OCH3 is 2. The molecule has 0 amide bonds. The maximum Gasteiger partial charge on any atom is 0.322 e. The number of carbonyl (C=O) groups is 2. The number of ether oxygens (including phenoxy) is 2. The molecule has 0 saturated carbocycles. The maximum atomic E-state index is 11.8. The summed E-state index contributed by atoms with van der Waals surface area (Å²) in [6.07, 6.45) is 2.81. The molecule has 1 unspecified atom stereocenters. The average Bonchev–Trinajstić information content (AvgIpc) is 2.86. The van der Waals surface area contributed by atoms with Gasteiger partial charge in [-0.15, -0.1) is 0 Å². The van der Waals surface area contributed by atoms with E-state index in [1.165, 1.54) is 31.6 Å². The van der Waals surface area contributed by atoms with Gasteiger partial charge in [0.05, 0.1) is 20.3 Å². The van der Waals surface area contributed by atoms with E-state index in [4.69, 9.17) is 0 Å². The SMILES string of the molecule is COC(=O)C(C(=O)OC)C(C(C)C)n1cncn1. The van der Waals surface area contributed by atoms with Crippen molar-refractivity contribution in [3.8, 4) is 0 Å². The Labute approximate surface area is 105 Å². The second kappa shape index (κ2) is 6.13. The molecule has 100 valence electrons. The number of nitrogens with zero attached hydrogens (tertiary/aromatic N) is 3. The summed E-state index contributed by atoms with van der Waals surface area (Å²) in [5, 5.41) is 3.98. The fourth-order valence-corrected chi connectivity index (χ4v) is 1.84. The average molecular weight is 255 g/mol. The largest absolute Gasteiger partial charge is 0.468 e. The zero-order valence-electron chi connectivity index (χ0n) is 10.9. The van der Waals surface area contributed by atoms with E-state index >= 15 is 0 Å². The standard InChI is InChI=1S/C11H17N3O4/c1-7(2)9(14-6-12-5-13-14)8(10(15)17-3)11(16)18-4/h5-9H,1-4H3. The third-order valence-corrected chi connectivity index (χ3v) is 2.68. The van der Waals surface area contributed by atoms with E-state index < -0.39 is 23.9 Å². The molecular weight excluding hydrogens is 238 g/mol. The summed E-state index contributed by atoms with van der Waals surface area (Å²) in [5.74, 6) is -2.36. The molecule has 7 heteroatoms. The summed E-state index contributed by atoms with van der Waals surface area (Å²) in [5.41, 5.74) is 0. The minimum Gasteiger partial charge on any atom is -0.468 e. The van der Waals surface area contributed by atoms with Crippen molar-refractivity contribution in [2.24, 2.45) is 11.8 Å². The van der Waals surface area contributed by atoms with Gasteiger partial charge < -0.3 is 9.47 Å². The van der Waals surface area contributed by atoms with E-state index in [9.17, 15) is 9.59 Å². The van der Waals surface area contributed by atoms with Gasteiger partial charge in [0.25, 0.3) is 0 Å². The van der Waals surface area contributed by atoms with E-state index in [1.54, 1.807) is 0 Å². The van der Waals surface area contributed by atoms with E-state index in [-0.39, 0.29) is 5.92 Å². The minimum absolute atomic E-state index is 0.0186. The first-order valence-corrected chi connectivity index (χ1v) is 5.52. The Kier molecular flexibility index (Phi) is 4.82. The number of esters is 2. The van der Waals surface area contributed by atoms with Crippen molar-refractivity contribution in [3.63, 3.8) is 0 Å². The van der Waals surface area contributed by atoms with Gasteiger partial charge in [-0.1, -0.05) is 13.8 Å². The lowest BCUT2D eigenvalue weighted by atomic mass is 9.90. The molecule has 1 aromatic heterocycles. The van der Waals surface area contributed by atoms with Gasteiger partial charge in [0.2, 0.25) is 0 Å². The Bertz CT molecular complexity index is 386. The summed E-state index contributed by atoms with van der Waals surface area (Å²) < 4.78 is 10.8. The number of hydrogen-bond donors (Lipinski definition) is 0. The second-order valence-corrected chi connectivity index (χ2v) is 4.13. The van der Waals surface area contributed by atoms with Crippen molar-refractivity contribution in [1.29, 1.82) is 0 Å². The number of hydrogen-bond acceptors (Lipinski definition) is 6. The topological polar surface area (TPSA) is 83.3 Å². The van der Waals surface area contributed by atoms with Gasteiger partial charge >= 0.3 is 11.9 Å². The highest BCUT2D eigenvalue weighted by atomic mass is 16.5. The molecular formula is C11H17N3O4. The van der Waals surface area contributed by atoms with Crippen LogP contribution in [-0.4, -0.2) is 40.9 Å². The van der Waals surface area contributed by atoms with Gasteiger partial charge in [0, 0.05) is 0 Å². The highest BCUT2D eigenvalue weighted by molar-refractivity contribution is 5.95. The quantitative estimate of drug-likeness (QED) is 0.560. The van der Waals surface area contributed by atoms with Crippen LogP contribution in [0.4, 0.5) is 0 Å². The molecule has 1 aromatic rings. The lowest BCUT2D eigenvalue weighted by Gasteiger charge is -2.26. The van der Waals surface area contributed by atoms with Crippen molar-refractivity contribution in [2.75, 3.05) is 14.2 Å². The van der Waals surface area contributed by atoms with Crippen LogP contribution in [0.2, 0.25) is 0 Å². The van der Waals surface area contributed by atoms with Gasteiger partial charge in [-0.25, -0.2) is 9.67 Å². The third-order valence-electron chi connectivity index (χ3n) is 2.68. The van der Waals surface area contributed by atoms with Crippen molar-refractivity contribution < 1.29 is 19.1 Å². The molecule has 18 heavy (non-hydrogen) atoms. The van der Waals surface area contributed by atoms with Crippen LogP contribution < -0.4 is 0 Å². The molecule has 0 aromatic carbocycles. The number of rotatable bonds is 5. The summed E-state index contributed by atoms with van der Waals surface area (Å²) in [6, 6.07) is -0.493. The van der Waals surface area contributed by atoms with Crippen molar-refractivity contribution >= 4 is 11.9 Å². The van der Waals surface area contributed by atoms with Crippen LogP contribution in [0.1, 0.15) is 19.9 Å². The molecule has 0 saturated heterocycles. The number of carbonyl (C=O) groups excluding carboxylic acids is 2. The zero-order valence-corrected chi connectivity index (χ0v) is 10.9. The fourth-order valence-electron chi connectivity index (χ4n) is 1.84. The summed E-state index contributed by atoms with van der Waals surface area (Å²) >= 11 is 0. The van der Waals surface area contributed by atoms with Crippen molar-refractivity contribution in [3.05, 3.63) is 12.7 Å². The van der Waals surface area contributed by atoms with E-state index in [0.717, 1.165) is 0 Å². The fraction of sp³-hybridized carbons (Fsp3) is 0.636. The van der Waals surface area contributed by atoms with Crippen LogP contribution in [0.3, 0.4) is 0 Å². The first kappa shape index (κ1) is 14.1. The minimum atomic E-state index is -1.05. The summed E-state index contributed by atoms with van der Waals surface area (Å²) in [7, 11) is 2.47. The Morgan fingerprint density at radius 2 is 1.72 bits per heavy atom. The van der Waals surface area contributed by atoms with E-state index in [1.807, 2.05) is 13.8 Å². The smallest absolute Gasteiger partial charge is 0.322 e. The Morgan fingerprint density at radius 3 is 2.06 bits per heavy atom. The Balaban J connectivity index is 3.14. The van der Waals surface area contributed by atoms with Gasteiger partial charge in [-0.05, 0) is 5.92 Å². The summed E-state index contributed by atoms with van der Waals surface area (Å²) in [6.45, 7) is 3.76. The zero-order chi connectivity index (χ0) is 13.7. The maximum absolute atomic E-state index is 11.8. The molecule has 1 rings (SSSR count). The predicted octanol–water partition coefficient (Wildman–Crippen LogP) is 0.437. The van der Waals surface area contributed by atoms with Gasteiger partial charge in [-0.3, -0.25) is 9.59 Å². The van der Waals surface area contributed by atoms with E-state index in [2.05, 4.69) is 19.6 Å². The van der Waals surface area contributed by atoms with Crippen molar-refractivity contribution in [2.45, 2.75) is 19.9 Å². The first-order valence-electron chi connectivity index (χ1n) is 5.52. The molecule has 0 radical (unpaired) electrons. The van der Waals surface area contributed by atoms with Gasteiger partial charge in [0.15, 0.2) is 5.92 Å².